The van der Waals surface area contributed by atoms with Crippen molar-refractivity contribution < 1.29 is 13.9 Å². The third kappa shape index (κ3) is 3.78. The van der Waals surface area contributed by atoms with E-state index in [0.717, 1.165) is 18.5 Å². The topological polar surface area (TPSA) is 64.4 Å². The lowest BCUT2D eigenvalue weighted by Crippen LogP contribution is -2.38. The Bertz CT molecular complexity index is 743. The second-order valence-electron chi connectivity index (χ2n) is 7.41. The molecule has 1 aromatic heterocycles. The largest absolute Gasteiger partial charge is 0.437 e. The van der Waals surface area contributed by atoms with Crippen LogP contribution in [0.25, 0.3) is 11.1 Å². The predicted octanol–water partition coefficient (Wildman–Crippen LogP) is 4.05. The van der Waals surface area contributed by atoms with E-state index in [2.05, 4.69) is 37.1 Å². The van der Waals surface area contributed by atoms with Gasteiger partial charge in [-0.3, -0.25) is 4.79 Å². The number of carbonyl (C=O) groups excluding carboxylic acids is 1. The molecule has 0 fully saturated rings. The summed E-state index contributed by atoms with van der Waals surface area (Å²) in [6.45, 7) is 8.31. The van der Waals surface area contributed by atoms with Gasteiger partial charge in [0.05, 0.1) is 0 Å². The van der Waals surface area contributed by atoms with Crippen molar-refractivity contribution in [3.63, 3.8) is 0 Å². The van der Waals surface area contributed by atoms with Crippen molar-refractivity contribution in [2.45, 2.75) is 46.6 Å². The fraction of sp³-hybridized carbons (Fsp3) is 0.474. The Labute approximate surface area is 142 Å². The van der Waals surface area contributed by atoms with Gasteiger partial charge in [0, 0.05) is 5.70 Å². The minimum absolute atomic E-state index is 0.116. The van der Waals surface area contributed by atoms with Gasteiger partial charge in [0.15, 0.2) is 11.7 Å². The number of nitrogens with zero attached hydrogens (tertiary/aromatic N) is 1. The molecule has 0 radical (unpaired) electrons. The number of carbonyl (C=O) groups is 1. The van der Waals surface area contributed by atoms with Crippen LogP contribution in [0, 0.1) is 11.3 Å². The summed E-state index contributed by atoms with van der Waals surface area (Å²) in [5.74, 6) is 0.269. The van der Waals surface area contributed by atoms with Gasteiger partial charge >= 0.3 is 6.08 Å². The van der Waals surface area contributed by atoms with E-state index in [4.69, 9.17) is 9.15 Å². The van der Waals surface area contributed by atoms with E-state index in [0.29, 0.717) is 17.0 Å². The van der Waals surface area contributed by atoms with Crippen molar-refractivity contribution in [2.24, 2.45) is 11.3 Å². The summed E-state index contributed by atoms with van der Waals surface area (Å²) >= 11 is 0. The Morgan fingerprint density at radius 2 is 2.17 bits per heavy atom. The summed E-state index contributed by atoms with van der Waals surface area (Å²) < 4.78 is 11.1. The molecule has 1 aliphatic rings. The zero-order chi connectivity index (χ0) is 17.3. The third-order valence-electron chi connectivity index (χ3n) is 4.23. The number of rotatable bonds is 4. The zero-order valence-corrected chi connectivity index (χ0v) is 14.6. The summed E-state index contributed by atoms with van der Waals surface area (Å²) in [7, 11) is 0. The maximum Gasteiger partial charge on any atom is 0.395 e. The normalized spacial score (nSPS) is 21.2. The summed E-state index contributed by atoms with van der Waals surface area (Å²) in [5, 5.41) is 2.99. The summed E-state index contributed by atoms with van der Waals surface area (Å²) in [6, 6.07) is 7.40. The first kappa shape index (κ1) is 16.6. The number of nitrogens with one attached hydrogen (secondary N) is 1. The summed E-state index contributed by atoms with van der Waals surface area (Å²) in [6.07, 6.45) is 3.56. The van der Waals surface area contributed by atoms with E-state index >= 15 is 0 Å². The van der Waals surface area contributed by atoms with Crippen LogP contribution >= 0.6 is 0 Å². The molecular weight excluding hydrogens is 304 g/mol. The van der Waals surface area contributed by atoms with Crippen molar-refractivity contribution in [2.75, 3.05) is 0 Å². The fourth-order valence-electron chi connectivity index (χ4n) is 3.37. The molecule has 2 unspecified atom stereocenters. The third-order valence-corrected chi connectivity index (χ3v) is 4.23. The highest BCUT2D eigenvalue weighted by atomic mass is 16.6. The number of benzene rings is 1. The minimum Gasteiger partial charge on any atom is -0.437 e. The van der Waals surface area contributed by atoms with Crippen LogP contribution < -0.4 is 10.1 Å². The average Bonchev–Trinajstić information content (AvgIpc) is 2.86. The molecule has 2 atom stereocenters. The monoisotopic (exact) mass is 328 g/mol. The molecule has 0 saturated carbocycles. The van der Waals surface area contributed by atoms with Crippen LogP contribution in [0.2, 0.25) is 0 Å². The second-order valence-corrected chi connectivity index (χ2v) is 7.41. The quantitative estimate of drug-likeness (QED) is 0.919. The summed E-state index contributed by atoms with van der Waals surface area (Å²) in [5.41, 5.74) is 2.52. The first-order valence-electron chi connectivity index (χ1n) is 8.36. The van der Waals surface area contributed by atoms with Gasteiger partial charge in [-0.2, -0.15) is 4.98 Å². The molecule has 0 saturated heterocycles. The lowest BCUT2D eigenvalue weighted by molar-refractivity contribution is -0.127. The van der Waals surface area contributed by atoms with Crippen molar-refractivity contribution >= 4 is 17.0 Å². The Kier molecular flexibility index (Phi) is 4.35. The zero-order valence-electron chi connectivity index (χ0n) is 14.6. The van der Waals surface area contributed by atoms with Crippen molar-refractivity contribution in [1.29, 1.82) is 0 Å². The SMILES string of the molecule is CC1C=C(NC(=O)C(C)Oc2nc3ccccc3o2)CC(C)(C)C1. The number of ether oxygens (including phenoxy) is 1. The number of fused-ring (bicyclic) bond motifs is 1. The van der Waals surface area contributed by atoms with E-state index in [1.54, 1.807) is 6.92 Å². The average molecular weight is 328 g/mol. The lowest BCUT2D eigenvalue weighted by Gasteiger charge is -2.33. The van der Waals surface area contributed by atoms with E-state index in [1.165, 1.54) is 0 Å². The Balaban J connectivity index is 1.64. The van der Waals surface area contributed by atoms with Crippen molar-refractivity contribution in [1.82, 2.24) is 10.3 Å². The van der Waals surface area contributed by atoms with Crippen LogP contribution in [0.5, 0.6) is 6.08 Å². The molecule has 24 heavy (non-hydrogen) atoms. The molecular formula is C19H24N2O3. The van der Waals surface area contributed by atoms with Crippen molar-refractivity contribution in [3.05, 3.63) is 36.0 Å². The maximum absolute atomic E-state index is 12.4. The molecule has 2 aromatic rings. The molecule has 1 heterocycles. The number of oxazole rings is 1. The van der Waals surface area contributed by atoms with Gasteiger partial charge in [0.25, 0.3) is 5.91 Å². The molecule has 5 nitrogen and oxygen atoms in total. The van der Waals surface area contributed by atoms with E-state index in [-0.39, 0.29) is 17.4 Å². The van der Waals surface area contributed by atoms with Gasteiger partial charge in [-0.25, -0.2) is 0 Å². The first-order chi connectivity index (χ1) is 11.3. The molecule has 0 spiro atoms. The molecule has 0 aliphatic heterocycles. The highest BCUT2D eigenvalue weighted by molar-refractivity contribution is 5.82. The Hall–Kier alpha value is -2.30. The lowest BCUT2D eigenvalue weighted by atomic mass is 9.75. The number of allylic oxidation sites excluding steroid dienone is 2. The van der Waals surface area contributed by atoms with Crippen LogP contribution in [0.3, 0.4) is 0 Å². The van der Waals surface area contributed by atoms with Gasteiger partial charge in [0.2, 0.25) is 0 Å². The standard InChI is InChI=1S/C19H24N2O3/c1-12-9-14(11-19(3,4)10-12)20-17(22)13(2)23-18-21-15-7-5-6-8-16(15)24-18/h5-9,12-13H,10-11H2,1-4H3,(H,20,22). The van der Waals surface area contributed by atoms with Gasteiger partial charge in [-0.1, -0.05) is 39.0 Å². The van der Waals surface area contributed by atoms with Crippen molar-refractivity contribution in [3.8, 4) is 6.08 Å². The van der Waals surface area contributed by atoms with E-state index in [9.17, 15) is 4.79 Å². The number of aromatic nitrogens is 1. The Morgan fingerprint density at radius 1 is 1.42 bits per heavy atom. The van der Waals surface area contributed by atoms with Gasteiger partial charge < -0.3 is 14.5 Å². The first-order valence-corrected chi connectivity index (χ1v) is 8.36. The van der Waals surface area contributed by atoms with Gasteiger partial charge in [-0.05, 0) is 43.2 Å². The fourth-order valence-corrected chi connectivity index (χ4v) is 3.37. The number of hydrogen-bond acceptors (Lipinski definition) is 4. The van der Waals surface area contributed by atoms with Crippen LogP contribution in [-0.4, -0.2) is 17.0 Å². The molecule has 5 heteroatoms. The molecule has 0 bridgehead atoms. The van der Waals surface area contributed by atoms with E-state index in [1.807, 2.05) is 24.3 Å². The smallest absolute Gasteiger partial charge is 0.395 e. The van der Waals surface area contributed by atoms with Crippen LogP contribution in [0.4, 0.5) is 0 Å². The Morgan fingerprint density at radius 3 is 2.88 bits per heavy atom. The summed E-state index contributed by atoms with van der Waals surface area (Å²) in [4.78, 5) is 16.6. The highest BCUT2D eigenvalue weighted by Crippen LogP contribution is 2.37. The van der Waals surface area contributed by atoms with Crippen LogP contribution in [0.15, 0.2) is 40.5 Å². The molecule has 1 amide bonds. The predicted molar refractivity (Wildman–Crippen MR) is 92.5 cm³/mol. The maximum atomic E-state index is 12.4. The number of hydrogen-bond donors (Lipinski definition) is 1. The van der Waals surface area contributed by atoms with Gasteiger partial charge in [-0.15, -0.1) is 0 Å². The highest BCUT2D eigenvalue weighted by Gasteiger charge is 2.28. The van der Waals surface area contributed by atoms with Crippen LogP contribution in [0.1, 0.15) is 40.5 Å². The van der Waals surface area contributed by atoms with Crippen LogP contribution in [-0.2, 0) is 4.79 Å². The second kappa shape index (κ2) is 6.30. The van der Waals surface area contributed by atoms with Gasteiger partial charge in [0.1, 0.15) is 5.52 Å². The molecule has 128 valence electrons. The molecule has 1 aromatic carbocycles. The molecule has 1 N–H and O–H groups in total. The minimum atomic E-state index is -0.681. The molecule has 1 aliphatic carbocycles. The number of amides is 1. The van der Waals surface area contributed by atoms with E-state index < -0.39 is 6.10 Å². The number of para-hydroxylation sites is 2. The molecule has 3 rings (SSSR count).